The predicted molar refractivity (Wildman–Crippen MR) is 84.6 cm³/mol. The third-order valence-corrected chi connectivity index (χ3v) is 8.28. The number of amides is 2. The molecule has 6 heteroatoms. The Hall–Kier alpha value is -0.880. The van der Waals surface area contributed by atoms with Crippen molar-refractivity contribution in [1.82, 2.24) is 0 Å². The summed E-state index contributed by atoms with van der Waals surface area (Å²) in [6, 6.07) is 6.34. The zero-order valence-electron chi connectivity index (χ0n) is 10.9. The van der Waals surface area contributed by atoms with Gasteiger partial charge in [0.25, 0.3) is 0 Å². The van der Waals surface area contributed by atoms with Crippen molar-refractivity contribution in [1.29, 1.82) is 0 Å². The molecule has 1 aromatic rings. The van der Waals surface area contributed by atoms with Crippen LogP contribution in [0.2, 0.25) is 0 Å². The highest BCUT2D eigenvalue weighted by atomic mass is 79.9. The highest BCUT2D eigenvalue weighted by molar-refractivity contribution is 9.12. The van der Waals surface area contributed by atoms with Crippen LogP contribution in [0, 0.1) is 23.7 Å². The molecule has 0 aromatic heterocycles. The van der Waals surface area contributed by atoms with Gasteiger partial charge in [0.1, 0.15) is 5.75 Å². The largest absolute Gasteiger partial charge is 0.508 e. The highest BCUT2D eigenvalue weighted by Gasteiger charge is 2.66. The Bertz CT molecular complexity index is 618. The third-order valence-electron chi connectivity index (χ3n) is 5.08. The number of alkyl halides is 2. The molecular formula is C15H13Br2NO3. The van der Waals surface area contributed by atoms with Gasteiger partial charge in [-0.25, -0.2) is 4.90 Å². The molecule has 4 rings (SSSR count). The lowest BCUT2D eigenvalue weighted by Gasteiger charge is -2.28. The van der Waals surface area contributed by atoms with Gasteiger partial charge in [0, 0.05) is 15.7 Å². The summed E-state index contributed by atoms with van der Waals surface area (Å²) in [5.74, 6) is -0.193. The molecule has 4 nitrogen and oxygen atoms in total. The van der Waals surface area contributed by atoms with Crippen LogP contribution in [0.25, 0.3) is 0 Å². The minimum Gasteiger partial charge on any atom is -0.508 e. The smallest absolute Gasteiger partial charge is 0.238 e. The number of rotatable bonds is 1. The first-order valence-corrected chi connectivity index (χ1v) is 8.79. The van der Waals surface area contributed by atoms with Crippen molar-refractivity contribution in [2.24, 2.45) is 23.7 Å². The highest BCUT2D eigenvalue weighted by Crippen LogP contribution is 2.60. The van der Waals surface area contributed by atoms with E-state index in [1.54, 1.807) is 12.1 Å². The second kappa shape index (κ2) is 4.56. The molecule has 0 spiro atoms. The number of carbonyl (C=O) groups is 2. The van der Waals surface area contributed by atoms with Gasteiger partial charge < -0.3 is 5.11 Å². The van der Waals surface area contributed by atoms with E-state index in [-0.39, 0.29) is 50.9 Å². The number of anilines is 1. The maximum atomic E-state index is 12.7. The molecule has 1 N–H and O–H groups in total. The molecule has 2 bridgehead atoms. The van der Waals surface area contributed by atoms with Crippen LogP contribution in [-0.4, -0.2) is 26.6 Å². The number of phenolic OH excluding ortho intramolecular Hbond substituents is 1. The Kier molecular flexibility index (Phi) is 2.99. The molecular weight excluding hydrogens is 402 g/mol. The lowest BCUT2D eigenvalue weighted by molar-refractivity contribution is -0.123. The van der Waals surface area contributed by atoms with Gasteiger partial charge >= 0.3 is 0 Å². The summed E-state index contributed by atoms with van der Waals surface area (Å²) in [4.78, 5) is 27.2. The van der Waals surface area contributed by atoms with Crippen molar-refractivity contribution in [2.45, 2.75) is 16.1 Å². The van der Waals surface area contributed by atoms with Crippen molar-refractivity contribution in [3.05, 3.63) is 24.3 Å². The first kappa shape index (κ1) is 13.8. The Labute approximate surface area is 138 Å². The van der Waals surface area contributed by atoms with Crippen LogP contribution in [-0.2, 0) is 9.59 Å². The average molecular weight is 415 g/mol. The zero-order valence-corrected chi connectivity index (χ0v) is 14.1. The Morgan fingerprint density at radius 3 is 2.14 bits per heavy atom. The molecule has 1 heterocycles. The van der Waals surface area contributed by atoms with Crippen LogP contribution in [0.4, 0.5) is 5.69 Å². The molecule has 6 atom stereocenters. The number of imide groups is 1. The van der Waals surface area contributed by atoms with Gasteiger partial charge in [0.2, 0.25) is 11.8 Å². The van der Waals surface area contributed by atoms with Gasteiger partial charge in [-0.2, -0.15) is 0 Å². The fourth-order valence-electron chi connectivity index (χ4n) is 4.24. The van der Waals surface area contributed by atoms with E-state index in [1.807, 2.05) is 0 Å². The van der Waals surface area contributed by atoms with Gasteiger partial charge in [0.05, 0.1) is 17.5 Å². The third kappa shape index (κ3) is 1.72. The molecule has 1 aromatic carbocycles. The minimum absolute atomic E-state index is 0.0601. The van der Waals surface area contributed by atoms with E-state index in [0.29, 0.717) is 5.69 Å². The van der Waals surface area contributed by atoms with Gasteiger partial charge in [-0.3, -0.25) is 9.59 Å². The Morgan fingerprint density at radius 2 is 1.62 bits per heavy atom. The summed E-state index contributed by atoms with van der Waals surface area (Å²) in [6.07, 6.45) is 0.923. The molecule has 2 saturated carbocycles. The topological polar surface area (TPSA) is 57.6 Å². The quantitative estimate of drug-likeness (QED) is 0.567. The molecule has 3 aliphatic rings. The van der Waals surface area contributed by atoms with Gasteiger partial charge in [0.15, 0.2) is 0 Å². The van der Waals surface area contributed by atoms with Crippen LogP contribution in [0.5, 0.6) is 5.75 Å². The van der Waals surface area contributed by atoms with Crippen LogP contribution in [0.15, 0.2) is 24.3 Å². The van der Waals surface area contributed by atoms with Crippen molar-refractivity contribution < 1.29 is 14.7 Å². The number of hydrogen-bond donors (Lipinski definition) is 1. The fourth-order valence-corrected chi connectivity index (χ4v) is 6.11. The molecule has 0 unspecified atom stereocenters. The summed E-state index contributed by atoms with van der Waals surface area (Å²) in [6.45, 7) is 0. The number of carbonyl (C=O) groups excluding carboxylic acids is 2. The molecule has 21 heavy (non-hydrogen) atoms. The van der Waals surface area contributed by atoms with E-state index < -0.39 is 0 Å². The second-order valence-electron chi connectivity index (χ2n) is 6.04. The monoisotopic (exact) mass is 413 g/mol. The minimum atomic E-state index is -0.219. The van der Waals surface area contributed by atoms with Gasteiger partial charge in [-0.15, -0.1) is 0 Å². The zero-order chi connectivity index (χ0) is 14.9. The number of nitrogens with zero attached hydrogens (tertiary/aromatic N) is 1. The summed E-state index contributed by atoms with van der Waals surface area (Å²) < 4.78 is 0. The van der Waals surface area contributed by atoms with E-state index in [4.69, 9.17) is 0 Å². The van der Waals surface area contributed by atoms with Crippen molar-refractivity contribution in [3.63, 3.8) is 0 Å². The lowest BCUT2D eigenvalue weighted by atomic mass is 9.81. The van der Waals surface area contributed by atoms with E-state index in [1.165, 1.54) is 17.0 Å². The van der Waals surface area contributed by atoms with Gasteiger partial charge in [-0.1, -0.05) is 37.9 Å². The number of aromatic hydroxyl groups is 1. The van der Waals surface area contributed by atoms with Crippen LogP contribution in [0.3, 0.4) is 0 Å². The van der Waals surface area contributed by atoms with E-state index >= 15 is 0 Å². The summed E-state index contributed by atoms with van der Waals surface area (Å²) in [5.41, 5.74) is 0.469. The molecule has 2 aliphatic carbocycles. The summed E-state index contributed by atoms with van der Waals surface area (Å²) in [7, 11) is 0. The summed E-state index contributed by atoms with van der Waals surface area (Å²) in [5, 5.41) is 9.59. The molecule has 0 radical (unpaired) electrons. The molecule has 3 fully saturated rings. The number of benzene rings is 1. The summed E-state index contributed by atoms with van der Waals surface area (Å²) >= 11 is 7.33. The molecule has 2 amide bonds. The Balaban J connectivity index is 1.75. The van der Waals surface area contributed by atoms with E-state index in [0.717, 1.165) is 6.42 Å². The Morgan fingerprint density at radius 1 is 1.05 bits per heavy atom. The van der Waals surface area contributed by atoms with E-state index in [2.05, 4.69) is 31.9 Å². The fraction of sp³-hybridized carbons (Fsp3) is 0.467. The SMILES string of the molecule is O=C1[C@@H]2[C@H]3C[C@H]([C@@H](Br)[C@@H]3Br)[C@@H]2C(=O)N1c1cccc(O)c1. The van der Waals surface area contributed by atoms with Crippen LogP contribution in [0.1, 0.15) is 6.42 Å². The normalized spacial score (nSPS) is 41.0. The number of phenols is 1. The van der Waals surface area contributed by atoms with Crippen molar-refractivity contribution in [3.8, 4) is 5.75 Å². The molecule has 110 valence electrons. The average Bonchev–Trinajstić information content (AvgIpc) is 3.04. The maximum Gasteiger partial charge on any atom is 0.238 e. The number of hydrogen-bond acceptors (Lipinski definition) is 3. The standard InChI is InChI=1S/C15H13Br2NO3/c16-12-8-5-9(13(12)17)11-10(8)14(20)18(15(11)21)6-2-1-3-7(19)4-6/h1-4,8-13,19H,5H2/t8-,9+,10-,11+,12-,13-/m1/s1. The van der Waals surface area contributed by atoms with Gasteiger partial charge in [-0.05, 0) is 30.4 Å². The first-order chi connectivity index (χ1) is 10.0. The molecule has 1 aliphatic heterocycles. The van der Waals surface area contributed by atoms with Crippen LogP contribution >= 0.6 is 31.9 Å². The van der Waals surface area contributed by atoms with Crippen LogP contribution < -0.4 is 4.90 Å². The molecule has 1 saturated heterocycles. The first-order valence-electron chi connectivity index (χ1n) is 6.95. The second-order valence-corrected chi connectivity index (χ2v) is 8.15. The number of halogens is 2. The lowest BCUT2D eigenvalue weighted by Crippen LogP contribution is -2.37. The van der Waals surface area contributed by atoms with E-state index in [9.17, 15) is 14.7 Å². The number of fused-ring (bicyclic) bond motifs is 5. The maximum absolute atomic E-state index is 12.7. The van der Waals surface area contributed by atoms with Crippen molar-refractivity contribution in [2.75, 3.05) is 4.90 Å². The van der Waals surface area contributed by atoms with Crippen molar-refractivity contribution >= 4 is 49.4 Å². The predicted octanol–water partition coefficient (Wildman–Crippen LogP) is 2.67.